The molecule has 0 spiro atoms. The lowest BCUT2D eigenvalue weighted by molar-refractivity contribution is 1.04. The summed E-state index contributed by atoms with van der Waals surface area (Å²) in [6.07, 6.45) is 0. The van der Waals surface area contributed by atoms with E-state index < -0.39 is 0 Å². The van der Waals surface area contributed by atoms with Crippen LogP contribution in [-0.2, 0) is 0 Å². The van der Waals surface area contributed by atoms with Gasteiger partial charge in [0.25, 0.3) is 0 Å². The van der Waals surface area contributed by atoms with E-state index in [1.54, 1.807) is 0 Å². The number of nitrogens with zero attached hydrogens (tertiary/aromatic N) is 1. The van der Waals surface area contributed by atoms with Crippen molar-refractivity contribution in [2.24, 2.45) is 4.99 Å². The first-order chi connectivity index (χ1) is 2.63. The van der Waals surface area contributed by atoms with Crippen molar-refractivity contribution in [3.05, 3.63) is 0 Å². The molecule has 0 aromatic rings. The summed E-state index contributed by atoms with van der Waals surface area (Å²) in [6, 6.07) is 0. The van der Waals surface area contributed by atoms with Crippen molar-refractivity contribution >= 4 is 17.3 Å². The molecule has 0 saturated heterocycles. The summed E-state index contributed by atoms with van der Waals surface area (Å²) in [5.41, 5.74) is 1.05. The van der Waals surface area contributed by atoms with Gasteiger partial charge >= 0.3 is 0 Å². The van der Waals surface area contributed by atoms with Crippen molar-refractivity contribution in [1.82, 2.24) is 0 Å². The predicted octanol–water partition coefficient (Wildman–Crippen LogP) is 1.42. The van der Waals surface area contributed by atoms with Gasteiger partial charge in [0.2, 0.25) is 0 Å². The zero-order valence-electron chi connectivity index (χ0n) is 3.83. The fourth-order valence-electron chi connectivity index (χ4n) is 0.287. The van der Waals surface area contributed by atoms with Gasteiger partial charge in [0.05, 0.1) is 5.71 Å². The molecular formula is C4H6ClN. The fourth-order valence-corrected chi connectivity index (χ4v) is 0.414. The van der Waals surface area contributed by atoms with Crippen LogP contribution in [0.4, 0.5) is 0 Å². The van der Waals surface area contributed by atoms with Crippen molar-refractivity contribution in [2.75, 3.05) is 0 Å². The van der Waals surface area contributed by atoms with E-state index in [1.807, 2.05) is 13.8 Å². The second-order valence-corrected chi connectivity index (χ2v) is 2.39. The molecular weight excluding hydrogens is 97.5 g/mol. The number of hydrogen-bond acceptors (Lipinski definition) is 1. The Hall–Kier alpha value is -0.0400. The van der Waals surface area contributed by atoms with Crippen molar-refractivity contribution in [1.29, 1.82) is 0 Å². The molecule has 1 nitrogen and oxygen atoms in total. The van der Waals surface area contributed by atoms with Crippen molar-refractivity contribution < 1.29 is 0 Å². The minimum atomic E-state index is -0.278. The zero-order valence-corrected chi connectivity index (χ0v) is 4.58. The second-order valence-electron chi connectivity index (χ2n) is 1.65. The number of hydrogen-bond donors (Lipinski definition) is 0. The number of halogens is 1. The summed E-state index contributed by atoms with van der Waals surface area (Å²) >= 11 is 5.59. The molecule has 6 heavy (non-hydrogen) atoms. The van der Waals surface area contributed by atoms with E-state index >= 15 is 0 Å². The lowest BCUT2D eigenvalue weighted by atomic mass is 10.4. The Morgan fingerprint density at radius 2 is 2.00 bits per heavy atom. The van der Waals surface area contributed by atoms with Gasteiger partial charge in [-0.3, -0.25) is 4.99 Å². The first kappa shape index (κ1) is 4.13. The van der Waals surface area contributed by atoms with Gasteiger partial charge in [-0.2, -0.15) is 0 Å². The molecule has 0 aromatic heterocycles. The first-order valence-corrected chi connectivity index (χ1v) is 2.26. The molecule has 0 saturated carbocycles. The van der Waals surface area contributed by atoms with Gasteiger partial charge in [0, 0.05) is 0 Å². The molecule has 0 N–H and O–H groups in total. The fraction of sp³-hybridized carbons (Fsp3) is 0.750. The average molecular weight is 104 g/mol. The molecule has 1 rings (SSSR count). The molecule has 1 unspecified atom stereocenters. The highest BCUT2D eigenvalue weighted by atomic mass is 35.5. The zero-order chi connectivity index (χ0) is 4.78. The number of rotatable bonds is 0. The molecule has 0 amide bonds. The molecule has 0 radical (unpaired) electrons. The first-order valence-electron chi connectivity index (χ1n) is 1.89. The molecule has 0 aromatic carbocycles. The summed E-state index contributed by atoms with van der Waals surface area (Å²) < 4.78 is 0. The van der Waals surface area contributed by atoms with E-state index in [2.05, 4.69) is 4.99 Å². The highest BCUT2D eigenvalue weighted by Gasteiger charge is 2.35. The van der Waals surface area contributed by atoms with Crippen molar-refractivity contribution in [3.8, 4) is 0 Å². The standard InChI is InChI=1S/C4H6ClN/c1-3-4(2,5)6-3/h1-2H3. The average Bonchev–Trinajstić information content (AvgIpc) is 1.73. The Balaban J connectivity index is 2.53. The molecule has 2 heteroatoms. The Morgan fingerprint density at radius 3 is 2.00 bits per heavy atom. The van der Waals surface area contributed by atoms with Gasteiger partial charge in [-0.15, -0.1) is 0 Å². The third kappa shape index (κ3) is 0.432. The Labute approximate surface area is 42.0 Å². The third-order valence-electron chi connectivity index (χ3n) is 0.988. The maximum Gasteiger partial charge on any atom is 0.168 e. The van der Waals surface area contributed by atoms with Gasteiger partial charge in [-0.05, 0) is 13.8 Å². The van der Waals surface area contributed by atoms with Gasteiger partial charge in [-0.1, -0.05) is 11.6 Å². The van der Waals surface area contributed by atoms with E-state index in [4.69, 9.17) is 11.6 Å². The SMILES string of the molecule is CC1=NC1(C)Cl. The van der Waals surface area contributed by atoms with Gasteiger partial charge in [0.1, 0.15) is 0 Å². The van der Waals surface area contributed by atoms with Crippen LogP contribution >= 0.6 is 11.6 Å². The van der Waals surface area contributed by atoms with Crippen LogP contribution in [0.25, 0.3) is 0 Å². The quantitative estimate of drug-likeness (QED) is 0.325. The Kier molecular flexibility index (Phi) is 0.539. The molecule has 1 atom stereocenters. The molecule has 34 valence electrons. The van der Waals surface area contributed by atoms with Crippen LogP contribution < -0.4 is 0 Å². The topological polar surface area (TPSA) is 12.4 Å². The van der Waals surface area contributed by atoms with E-state index in [-0.39, 0.29) is 5.00 Å². The smallest absolute Gasteiger partial charge is 0.168 e. The number of aliphatic imine (C=N–C) groups is 1. The summed E-state index contributed by atoms with van der Waals surface area (Å²) in [5.74, 6) is 0. The summed E-state index contributed by atoms with van der Waals surface area (Å²) in [6.45, 7) is 3.80. The molecule has 1 heterocycles. The summed E-state index contributed by atoms with van der Waals surface area (Å²) in [4.78, 5) is 3.59. The van der Waals surface area contributed by atoms with E-state index in [0.717, 1.165) is 5.71 Å². The van der Waals surface area contributed by atoms with Crippen LogP contribution in [0.15, 0.2) is 4.99 Å². The lowest BCUT2D eigenvalue weighted by Crippen LogP contribution is -1.97. The van der Waals surface area contributed by atoms with E-state index in [0.29, 0.717) is 0 Å². The van der Waals surface area contributed by atoms with Crippen LogP contribution in [-0.4, -0.2) is 10.7 Å². The van der Waals surface area contributed by atoms with Gasteiger partial charge in [0.15, 0.2) is 5.00 Å². The highest BCUT2D eigenvalue weighted by Crippen LogP contribution is 2.30. The second kappa shape index (κ2) is 0.784. The minimum absolute atomic E-state index is 0.278. The third-order valence-corrected chi connectivity index (χ3v) is 1.35. The predicted molar refractivity (Wildman–Crippen MR) is 27.4 cm³/mol. The maximum absolute atomic E-state index is 5.59. The van der Waals surface area contributed by atoms with E-state index in [9.17, 15) is 0 Å². The van der Waals surface area contributed by atoms with Gasteiger partial charge in [-0.25, -0.2) is 0 Å². The van der Waals surface area contributed by atoms with Gasteiger partial charge < -0.3 is 0 Å². The minimum Gasteiger partial charge on any atom is -0.262 e. The summed E-state index contributed by atoms with van der Waals surface area (Å²) in [5, 5.41) is 0. The molecule has 0 bridgehead atoms. The molecule has 0 fully saturated rings. The summed E-state index contributed by atoms with van der Waals surface area (Å²) in [7, 11) is 0. The lowest BCUT2D eigenvalue weighted by Gasteiger charge is -1.86. The monoisotopic (exact) mass is 103 g/mol. The molecule has 0 aliphatic carbocycles. The van der Waals surface area contributed by atoms with Crippen LogP contribution in [0.2, 0.25) is 0 Å². The van der Waals surface area contributed by atoms with Crippen LogP contribution in [0.3, 0.4) is 0 Å². The van der Waals surface area contributed by atoms with Crippen molar-refractivity contribution in [2.45, 2.75) is 18.8 Å². The van der Waals surface area contributed by atoms with E-state index in [1.165, 1.54) is 0 Å². The highest BCUT2D eigenvalue weighted by molar-refractivity contribution is 6.41. The largest absolute Gasteiger partial charge is 0.262 e. The van der Waals surface area contributed by atoms with Crippen LogP contribution in [0.5, 0.6) is 0 Å². The Morgan fingerprint density at radius 1 is 1.83 bits per heavy atom. The Bertz CT molecular complexity index is 104. The molecule has 1 aliphatic rings. The molecule has 1 aliphatic heterocycles. The number of alkyl halides is 1. The normalized spacial score (nSPS) is 42.2. The van der Waals surface area contributed by atoms with Crippen LogP contribution in [0.1, 0.15) is 13.8 Å². The van der Waals surface area contributed by atoms with Crippen LogP contribution in [0, 0.1) is 0 Å². The van der Waals surface area contributed by atoms with Crippen molar-refractivity contribution in [3.63, 3.8) is 0 Å². The maximum atomic E-state index is 5.59.